The number of ether oxygens (including phenoxy) is 1. The topological polar surface area (TPSA) is 77.4 Å². The molecule has 1 aromatic carbocycles. The predicted molar refractivity (Wildman–Crippen MR) is 101 cm³/mol. The summed E-state index contributed by atoms with van der Waals surface area (Å²) in [4.78, 5) is 12.3. The molecule has 2 rings (SSSR count). The van der Waals surface area contributed by atoms with Crippen LogP contribution < -0.4 is 4.72 Å². The van der Waals surface area contributed by atoms with Crippen molar-refractivity contribution in [2.75, 3.05) is 23.0 Å². The van der Waals surface area contributed by atoms with Gasteiger partial charge in [-0.1, -0.05) is 19.1 Å². The highest BCUT2D eigenvalue weighted by molar-refractivity contribution is 7.92. The van der Waals surface area contributed by atoms with Crippen LogP contribution in [-0.4, -0.2) is 37.3 Å². The number of benzene rings is 1. The van der Waals surface area contributed by atoms with E-state index in [0.717, 1.165) is 17.4 Å². The van der Waals surface area contributed by atoms with Crippen molar-refractivity contribution in [2.24, 2.45) is 0 Å². The fourth-order valence-electron chi connectivity index (χ4n) is 2.66. The van der Waals surface area contributed by atoms with Gasteiger partial charge in [0.05, 0.1) is 23.6 Å². The molecule has 0 atom stereocenters. The SMILES string of the molecule is CCOC(=O)n1cc(CC)c2cccc(NS(=O)(=O)CCCCCl)c21. The molecule has 8 heteroatoms. The average molecular weight is 387 g/mol. The first-order valence-corrected chi connectivity index (χ1v) is 10.5. The number of aromatic nitrogens is 1. The quantitative estimate of drug-likeness (QED) is 0.550. The number of nitrogens with one attached hydrogen (secondary N) is 1. The Bertz CT molecular complexity index is 846. The van der Waals surface area contributed by atoms with E-state index in [4.69, 9.17) is 16.3 Å². The van der Waals surface area contributed by atoms with E-state index in [1.807, 2.05) is 13.0 Å². The van der Waals surface area contributed by atoms with Gasteiger partial charge in [0.2, 0.25) is 10.0 Å². The summed E-state index contributed by atoms with van der Waals surface area (Å²) in [5.41, 5.74) is 1.83. The Kier molecular flexibility index (Phi) is 6.72. The fourth-order valence-corrected chi connectivity index (χ4v) is 4.03. The zero-order valence-electron chi connectivity index (χ0n) is 14.4. The van der Waals surface area contributed by atoms with Crippen LogP contribution in [-0.2, 0) is 21.2 Å². The summed E-state index contributed by atoms with van der Waals surface area (Å²) in [6, 6.07) is 5.29. The number of fused-ring (bicyclic) bond motifs is 1. The minimum absolute atomic E-state index is 0.0170. The molecule has 2 aromatic rings. The molecule has 0 aliphatic carbocycles. The molecule has 0 saturated carbocycles. The highest BCUT2D eigenvalue weighted by Gasteiger charge is 2.19. The van der Waals surface area contributed by atoms with E-state index in [9.17, 15) is 13.2 Å². The lowest BCUT2D eigenvalue weighted by Gasteiger charge is -2.11. The molecule has 1 heterocycles. The Balaban J connectivity index is 2.46. The third-order valence-electron chi connectivity index (χ3n) is 3.82. The first kappa shape index (κ1) is 19.6. The Morgan fingerprint density at radius 1 is 1.28 bits per heavy atom. The van der Waals surface area contributed by atoms with Crippen molar-refractivity contribution >= 4 is 44.3 Å². The summed E-state index contributed by atoms with van der Waals surface area (Å²) in [6.45, 7) is 3.95. The monoisotopic (exact) mass is 386 g/mol. The highest BCUT2D eigenvalue weighted by atomic mass is 35.5. The van der Waals surface area contributed by atoms with Crippen LogP contribution in [0.15, 0.2) is 24.4 Å². The number of anilines is 1. The fraction of sp³-hybridized carbons (Fsp3) is 0.471. The van der Waals surface area contributed by atoms with Crippen LogP contribution in [0, 0.1) is 0 Å². The lowest BCUT2D eigenvalue weighted by atomic mass is 10.1. The van der Waals surface area contributed by atoms with Gasteiger partial charge in [-0.2, -0.15) is 0 Å². The number of rotatable bonds is 8. The summed E-state index contributed by atoms with van der Waals surface area (Å²) in [5, 5.41) is 0.830. The van der Waals surface area contributed by atoms with Gasteiger partial charge >= 0.3 is 6.09 Å². The van der Waals surface area contributed by atoms with Crippen LogP contribution in [0.25, 0.3) is 10.9 Å². The molecular weight excluding hydrogens is 364 g/mol. The van der Waals surface area contributed by atoms with E-state index in [1.165, 1.54) is 4.57 Å². The third kappa shape index (κ3) is 4.67. The van der Waals surface area contributed by atoms with E-state index in [2.05, 4.69) is 4.72 Å². The molecule has 6 nitrogen and oxygen atoms in total. The van der Waals surface area contributed by atoms with Gasteiger partial charge in [0, 0.05) is 17.5 Å². The molecular formula is C17H23ClN2O4S. The molecule has 0 radical (unpaired) electrons. The zero-order valence-corrected chi connectivity index (χ0v) is 16.0. The van der Waals surface area contributed by atoms with E-state index in [0.29, 0.717) is 29.9 Å². The maximum atomic E-state index is 12.3. The van der Waals surface area contributed by atoms with Crippen molar-refractivity contribution in [2.45, 2.75) is 33.1 Å². The molecule has 0 unspecified atom stereocenters. The van der Waals surface area contributed by atoms with E-state index in [1.54, 1.807) is 25.3 Å². The maximum Gasteiger partial charge on any atom is 0.418 e. The van der Waals surface area contributed by atoms with Gasteiger partial charge in [-0.15, -0.1) is 11.6 Å². The van der Waals surface area contributed by atoms with Crippen molar-refractivity contribution in [1.82, 2.24) is 4.57 Å². The second-order valence-electron chi connectivity index (χ2n) is 5.60. The van der Waals surface area contributed by atoms with Crippen LogP contribution in [0.2, 0.25) is 0 Å². The third-order valence-corrected chi connectivity index (χ3v) is 5.44. The molecule has 25 heavy (non-hydrogen) atoms. The Labute approximate surface area is 153 Å². The average Bonchev–Trinajstić information content (AvgIpc) is 2.95. The van der Waals surface area contributed by atoms with Crippen molar-refractivity contribution in [3.63, 3.8) is 0 Å². The van der Waals surface area contributed by atoms with Crippen LogP contribution >= 0.6 is 11.6 Å². The summed E-state index contributed by atoms with van der Waals surface area (Å²) in [6.07, 6.45) is 3.00. The number of aryl methyl sites for hydroxylation is 1. The number of halogens is 1. The summed E-state index contributed by atoms with van der Waals surface area (Å²) >= 11 is 5.60. The van der Waals surface area contributed by atoms with Crippen LogP contribution in [0.3, 0.4) is 0 Å². The van der Waals surface area contributed by atoms with Gasteiger partial charge in [-0.25, -0.2) is 13.2 Å². The van der Waals surface area contributed by atoms with Gasteiger partial charge in [-0.3, -0.25) is 9.29 Å². The van der Waals surface area contributed by atoms with Crippen molar-refractivity contribution in [3.05, 3.63) is 30.0 Å². The number of para-hydroxylation sites is 1. The Morgan fingerprint density at radius 3 is 2.68 bits per heavy atom. The first-order chi connectivity index (χ1) is 11.9. The van der Waals surface area contributed by atoms with Gasteiger partial charge in [-0.05, 0) is 37.8 Å². The molecule has 138 valence electrons. The molecule has 0 spiro atoms. The molecule has 0 aliphatic heterocycles. The van der Waals surface area contributed by atoms with Gasteiger partial charge in [0.1, 0.15) is 0 Å². The molecule has 1 aromatic heterocycles. The van der Waals surface area contributed by atoms with Crippen molar-refractivity contribution in [3.8, 4) is 0 Å². The highest BCUT2D eigenvalue weighted by Crippen LogP contribution is 2.29. The number of alkyl halides is 1. The molecule has 0 aliphatic rings. The van der Waals surface area contributed by atoms with Gasteiger partial charge in [0.25, 0.3) is 0 Å². The van der Waals surface area contributed by atoms with E-state index >= 15 is 0 Å². The van der Waals surface area contributed by atoms with E-state index < -0.39 is 16.1 Å². The van der Waals surface area contributed by atoms with Crippen molar-refractivity contribution in [1.29, 1.82) is 0 Å². The number of hydrogen-bond acceptors (Lipinski definition) is 4. The van der Waals surface area contributed by atoms with Crippen LogP contribution in [0.5, 0.6) is 0 Å². The number of unbranched alkanes of at least 4 members (excludes halogenated alkanes) is 1. The second-order valence-corrected chi connectivity index (χ2v) is 7.82. The smallest absolute Gasteiger partial charge is 0.418 e. The van der Waals surface area contributed by atoms with Gasteiger partial charge < -0.3 is 4.74 Å². The Morgan fingerprint density at radius 2 is 2.04 bits per heavy atom. The summed E-state index contributed by atoms with van der Waals surface area (Å²) in [7, 11) is -3.52. The first-order valence-electron chi connectivity index (χ1n) is 8.30. The van der Waals surface area contributed by atoms with Gasteiger partial charge in [0.15, 0.2) is 0 Å². The number of sulfonamides is 1. The molecule has 0 fully saturated rings. The predicted octanol–water partition coefficient (Wildman–Crippen LogP) is 3.97. The lowest BCUT2D eigenvalue weighted by Crippen LogP contribution is -2.18. The Hall–Kier alpha value is -1.73. The number of carbonyl (C=O) groups is 1. The van der Waals surface area contributed by atoms with Crippen LogP contribution in [0.4, 0.5) is 10.5 Å². The van der Waals surface area contributed by atoms with Crippen LogP contribution in [0.1, 0.15) is 32.3 Å². The summed E-state index contributed by atoms with van der Waals surface area (Å²) in [5.74, 6) is 0.410. The number of nitrogens with zero attached hydrogens (tertiary/aromatic N) is 1. The molecule has 0 bridgehead atoms. The number of carbonyl (C=O) groups excluding carboxylic acids is 1. The summed E-state index contributed by atoms with van der Waals surface area (Å²) < 4.78 is 33.7. The molecule has 0 amide bonds. The van der Waals surface area contributed by atoms with Crippen molar-refractivity contribution < 1.29 is 17.9 Å². The van der Waals surface area contributed by atoms with E-state index in [-0.39, 0.29) is 12.4 Å². The number of hydrogen-bond donors (Lipinski definition) is 1. The standard InChI is InChI=1S/C17H23ClN2O4S/c1-3-13-12-20(17(21)24-4-2)16-14(13)8-7-9-15(16)19-25(22,23)11-6-5-10-18/h7-9,12,19H,3-6,10-11H2,1-2H3. The molecule has 0 saturated heterocycles. The maximum absolute atomic E-state index is 12.3. The normalized spacial score (nSPS) is 11.6. The molecule has 1 N–H and O–H groups in total. The lowest BCUT2D eigenvalue weighted by molar-refractivity contribution is 0.155. The minimum atomic E-state index is -3.52. The largest absolute Gasteiger partial charge is 0.449 e. The second kappa shape index (κ2) is 8.58. The minimum Gasteiger partial charge on any atom is -0.449 e. The zero-order chi connectivity index (χ0) is 18.4.